The predicted octanol–water partition coefficient (Wildman–Crippen LogP) is 0.891. The van der Waals surface area contributed by atoms with Crippen molar-refractivity contribution in [1.29, 1.82) is 5.26 Å². The quantitative estimate of drug-likeness (QED) is 0.468. The summed E-state index contributed by atoms with van der Waals surface area (Å²) in [7, 11) is -2.83. The normalized spacial score (nSPS) is 11.6. The van der Waals surface area contributed by atoms with Crippen molar-refractivity contribution in [3.8, 4) is 6.07 Å². The average molecular weight is 173 g/mol. The smallest absolute Gasteiger partial charge is 0.147 e. The highest BCUT2D eigenvalue weighted by Gasteiger charge is 1.98. The van der Waals surface area contributed by atoms with E-state index in [1.54, 1.807) is 6.08 Å². The molecule has 0 saturated heterocycles. The second-order valence-electron chi connectivity index (χ2n) is 2.30. The fourth-order valence-corrected chi connectivity index (χ4v) is 1.29. The zero-order valence-electron chi connectivity index (χ0n) is 6.45. The summed E-state index contributed by atoms with van der Waals surface area (Å²) in [5.41, 5.74) is 0. The maximum atomic E-state index is 10.6. The van der Waals surface area contributed by atoms with E-state index in [1.807, 2.05) is 6.07 Å². The minimum absolute atomic E-state index is 0.197. The Labute approximate surface area is 67.3 Å². The molecule has 0 radical (unpaired) electrons. The van der Waals surface area contributed by atoms with Crippen molar-refractivity contribution in [1.82, 2.24) is 0 Å². The third-order valence-electron chi connectivity index (χ3n) is 1.08. The highest BCUT2D eigenvalue weighted by molar-refractivity contribution is 7.90. The number of sulfone groups is 1. The Balaban J connectivity index is 3.46. The van der Waals surface area contributed by atoms with E-state index in [-0.39, 0.29) is 5.75 Å². The van der Waals surface area contributed by atoms with Crippen LogP contribution in [-0.4, -0.2) is 20.4 Å². The molecule has 62 valence electrons. The first-order valence-corrected chi connectivity index (χ1v) is 5.34. The first-order chi connectivity index (χ1) is 5.06. The number of allylic oxidation sites excluding steroid dienone is 2. The zero-order chi connectivity index (χ0) is 8.74. The van der Waals surface area contributed by atoms with Gasteiger partial charge in [-0.2, -0.15) is 5.26 Å². The lowest BCUT2D eigenvalue weighted by molar-refractivity contribution is 0.599. The van der Waals surface area contributed by atoms with Crippen molar-refractivity contribution >= 4 is 9.84 Å². The second-order valence-corrected chi connectivity index (χ2v) is 4.56. The van der Waals surface area contributed by atoms with Crippen molar-refractivity contribution in [3.05, 3.63) is 12.2 Å². The highest BCUT2D eigenvalue weighted by atomic mass is 32.2. The molecule has 0 aromatic rings. The summed E-state index contributed by atoms with van der Waals surface area (Å²) in [6.45, 7) is 0. The topological polar surface area (TPSA) is 57.9 Å². The summed E-state index contributed by atoms with van der Waals surface area (Å²) < 4.78 is 21.1. The Kier molecular flexibility index (Phi) is 4.55. The van der Waals surface area contributed by atoms with Gasteiger partial charge in [0.25, 0.3) is 0 Å². The molecule has 4 heteroatoms. The molecule has 0 atom stereocenters. The lowest BCUT2D eigenvalue weighted by Crippen LogP contribution is -2.01. The fraction of sp³-hybridized carbons (Fsp3) is 0.571. The lowest BCUT2D eigenvalue weighted by Gasteiger charge is -1.92. The van der Waals surface area contributed by atoms with E-state index in [2.05, 4.69) is 0 Å². The molecule has 0 N–H and O–H groups in total. The molecule has 0 amide bonds. The third-order valence-corrected chi connectivity index (χ3v) is 2.11. The lowest BCUT2D eigenvalue weighted by atomic mass is 10.3. The van der Waals surface area contributed by atoms with Gasteiger partial charge in [-0.25, -0.2) is 8.42 Å². The van der Waals surface area contributed by atoms with Crippen LogP contribution in [0.4, 0.5) is 0 Å². The summed E-state index contributed by atoms with van der Waals surface area (Å²) >= 11 is 0. The van der Waals surface area contributed by atoms with E-state index < -0.39 is 9.84 Å². The predicted molar refractivity (Wildman–Crippen MR) is 43.7 cm³/mol. The van der Waals surface area contributed by atoms with Crippen molar-refractivity contribution in [3.63, 3.8) is 0 Å². The van der Waals surface area contributed by atoms with Crippen molar-refractivity contribution in [2.45, 2.75) is 12.8 Å². The van der Waals surface area contributed by atoms with Gasteiger partial charge in [0.2, 0.25) is 0 Å². The molecule has 0 bridgehead atoms. The van der Waals surface area contributed by atoms with E-state index >= 15 is 0 Å². The first kappa shape index (κ1) is 10.2. The van der Waals surface area contributed by atoms with E-state index in [1.165, 1.54) is 12.3 Å². The number of hydrogen-bond donors (Lipinski definition) is 0. The van der Waals surface area contributed by atoms with Crippen LogP contribution in [0.3, 0.4) is 0 Å². The minimum atomic E-state index is -2.83. The highest BCUT2D eigenvalue weighted by Crippen LogP contribution is 1.94. The minimum Gasteiger partial charge on any atom is -0.229 e. The molecule has 0 aliphatic rings. The van der Waals surface area contributed by atoms with Gasteiger partial charge in [-0.15, -0.1) is 0 Å². The summed E-state index contributed by atoms with van der Waals surface area (Å²) in [4.78, 5) is 0. The van der Waals surface area contributed by atoms with Crippen LogP contribution >= 0.6 is 0 Å². The average Bonchev–Trinajstić information content (AvgIpc) is 1.85. The molecule has 0 spiro atoms. The van der Waals surface area contributed by atoms with Crippen molar-refractivity contribution in [2.75, 3.05) is 12.0 Å². The molecular weight excluding hydrogens is 162 g/mol. The van der Waals surface area contributed by atoms with Crippen molar-refractivity contribution in [2.24, 2.45) is 0 Å². The van der Waals surface area contributed by atoms with Crippen molar-refractivity contribution < 1.29 is 8.42 Å². The third kappa shape index (κ3) is 9.18. The van der Waals surface area contributed by atoms with Crippen LogP contribution in [0.15, 0.2) is 12.2 Å². The van der Waals surface area contributed by atoms with Gasteiger partial charge in [-0.3, -0.25) is 0 Å². The van der Waals surface area contributed by atoms with Crippen LogP contribution in [0.2, 0.25) is 0 Å². The molecule has 0 aromatic carbocycles. The molecular formula is C7H11NO2S. The van der Waals surface area contributed by atoms with Crippen LogP contribution in [0.5, 0.6) is 0 Å². The zero-order valence-corrected chi connectivity index (χ0v) is 7.26. The van der Waals surface area contributed by atoms with E-state index in [0.29, 0.717) is 12.8 Å². The molecule has 0 unspecified atom stereocenters. The number of nitrogens with zero attached hydrogens (tertiary/aromatic N) is 1. The Morgan fingerprint density at radius 3 is 2.64 bits per heavy atom. The maximum absolute atomic E-state index is 10.6. The van der Waals surface area contributed by atoms with Crippen LogP contribution in [-0.2, 0) is 9.84 Å². The molecule has 0 aliphatic heterocycles. The second kappa shape index (κ2) is 4.91. The molecule has 0 aromatic heterocycles. The van der Waals surface area contributed by atoms with Crippen LogP contribution in [0.1, 0.15) is 12.8 Å². The number of unbranched alkanes of at least 4 members (excludes halogenated alkanes) is 1. The van der Waals surface area contributed by atoms with Gasteiger partial charge in [-0.1, -0.05) is 6.08 Å². The molecule has 3 nitrogen and oxygen atoms in total. The van der Waals surface area contributed by atoms with E-state index in [9.17, 15) is 8.42 Å². The molecule has 0 saturated carbocycles. The SMILES string of the molecule is CS(=O)(=O)CCC/C=C/C#N. The fourth-order valence-electron chi connectivity index (χ4n) is 0.599. The first-order valence-electron chi connectivity index (χ1n) is 3.28. The van der Waals surface area contributed by atoms with Crippen LogP contribution < -0.4 is 0 Å². The Morgan fingerprint density at radius 1 is 1.55 bits per heavy atom. The summed E-state index contributed by atoms with van der Waals surface area (Å²) in [5, 5.41) is 8.07. The Hall–Kier alpha value is -0.820. The standard InChI is InChI=1S/C7H11NO2S/c1-11(9,10)7-5-3-2-4-6-8/h2,4H,3,5,7H2,1H3/b4-2+. The van der Waals surface area contributed by atoms with Gasteiger partial charge in [0, 0.05) is 12.3 Å². The van der Waals surface area contributed by atoms with Crippen LogP contribution in [0, 0.1) is 11.3 Å². The summed E-state index contributed by atoms with van der Waals surface area (Å²) in [6.07, 6.45) is 5.49. The van der Waals surface area contributed by atoms with E-state index in [0.717, 1.165) is 0 Å². The molecule has 0 aliphatic carbocycles. The summed E-state index contributed by atoms with van der Waals surface area (Å²) in [5.74, 6) is 0.197. The Bertz CT molecular complexity index is 259. The van der Waals surface area contributed by atoms with Gasteiger partial charge < -0.3 is 0 Å². The molecule has 0 rings (SSSR count). The molecule has 11 heavy (non-hydrogen) atoms. The van der Waals surface area contributed by atoms with Gasteiger partial charge >= 0.3 is 0 Å². The monoisotopic (exact) mass is 173 g/mol. The van der Waals surface area contributed by atoms with Gasteiger partial charge in [0.15, 0.2) is 0 Å². The van der Waals surface area contributed by atoms with Gasteiger partial charge in [0.1, 0.15) is 9.84 Å². The number of hydrogen-bond acceptors (Lipinski definition) is 3. The Morgan fingerprint density at radius 2 is 2.18 bits per heavy atom. The number of nitriles is 1. The summed E-state index contributed by atoms with van der Waals surface area (Å²) in [6, 6.07) is 1.84. The van der Waals surface area contributed by atoms with Gasteiger partial charge in [-0.05, 0) is 12.8 Å². The van der Waals surface area contributed by atoms with E-state index in [4.69, 9.17) is 5.26 Å². The molecule has 0 fully saturated rings. The number of rotatable bonds is 4. The maximum Gasteiger partial charge on any atom is 0.147 e. The van der Waals surface area contributed by atoms with Crippen LogP contribution in [0.25, 0.3) is 0 Å². The largest absolute Gasteiger partial charge is 0.229 e. The molecule has 0 heterocycles. The van der Waals surface area contributed by atoms with Gasteiger partial charge in [0.05, 0.1) is 11.8 Å².